The van der Waals surface area contributed by atoms with Crippen LogP contribution >= 0.6 is 11.6 Å². The van der Waals surface area contributed by atoms with E-state index in [1.807, 2.05) is 31.2 Å². The summed E-state index contributed by atoms with van der Waals surface area (Å²) < 4.78 is 0. The van der Waals surface area contributed by atoms with E-state index in [-0.39, 0.29) is 25.7 Å². The number of para-hydroxylation sites is 1. The molecule has 5 amide bonds. The summed E-state index contributed by atoms with van der Waals surface area (Å²) in [5, 5.41) is 12.3. The highest BCUT2D eigenvalue weighted by Crippen LogP contribution is 2.19. The smallest absolute Gasteiger partial charge is 0.243 e. The minimum Gasteiger partial charge on any atom is -0.368 e. The first-order chi connectivity index (χ1) is 23.0. The van der Waals surface area contributed by atoms with E-state index in [2.05, 4.69) is 36.2 Å². The molecule has 8 N–H and O–H groups in total. The van der Waals surface area contributed by atoms with Crippen molar-refractivity contribution >= 4 is 52.0 Å². The number of halogens is 1. The highest BCUT2D eigenvalue weighted by molar-refractivity contribution is 6.30. The fourth-order valence-corrected chi connectivity index (χ4v) is 5.50. The highest BCUT2D eigenvalue weighted by Gasteiger charge is 2.31. The van der Waals surface area contributed by atoms with E-state index in [4.69, 9.17) is 17.3 Å². The van der Waals surface area contributed by atoms with Crippen molar-refractivity contribution in [3.05, 3.63) is 89.1 Å². The van der Waals surface area contributed by atoms with Crippen LogP contribution in [-0.2, 0) is 43.2 Å². The van der Waals surface area contributed by atoms with Crippen LogP contribution in [0.4, 0.5) is 0 Å². The topological polar surface area (TPSA) is 204 Å². The molecule has 254 valence electrons. The molecule has 0 bridgehead atoms. The number of benzene rings is 2. The number of nitrogens with zero attached hydrogens (tertiary/aromatic N) is 1. The summed E-state index contributed by atoms with van der Waals surface area (Å²) in [7, 11) is 0. The molecular formula is C34H41ClN8O5. The summed E-state index contributed by atoms with van der Waals surface area (Å²) in [6, 6.07) is 10.2. The second-order valence-corrected chi connectivity index (χ2v) is 12.1. The molecule has 0 saturated carbocycles. The molecule has 2 aromatic carbocycles. The first-order valence-corrected chi connectivity index (χ1v) is 16.2. The SMILES string of the molecule is CCCC[C@H](NC(=O)[C@@H](Cc1ccc(Cl)cc1)NC(=O)[C@H](Cc1cnc[nH]1)NC(C)=O)C(=O)N[C@@H](Cc1c[nH]c2ccccc12)C(N)=O. The Morgan fingerprint density at radius 2 is 1.46 bits per heavy atom. The van der Waals surface area contributed by atoms with Gasteiger partial charge in [-0.25, -0.2) is 4.98 Å². The molecule has 2 heterocycles. The number of nitrogens with one attached hydrogen (secondary N) is 6. The molecule has 13 nitrogen and oxygen atoms in total. The van der Waals surface area contributed by atoms with Gasteiger partial charge >= 0.3 is 0 Å². The minimum atomic E-state index is -1.13. The molecule has 2 aromatic heterocycles. The number of aromatic nitrogens is 3. The van der Waals surface area contributed by atoms with Gasteiger partial charge in [0.2, 0.25) is 29.5 Å². The monoisotopic (exact) mass is 676 g/mol. The Morgan fingerprint density at radius 3 is 2.10 bits per heavy atom. The summed E-state index contributed by atoms with van der Waals surface area (Å²) in [6.45, 7) is 3.24. The number of aromatic amines is 2. The van der Waals surface area contributed by atoms with Crippen LogP contribution in [0, 0.1) is 0 Å². The van der Waals surface area contributed by atoms with Gasteiger partial charge in [0.05, 0.1) is 6.33 Å². The number of amides is 5. The zero-order valence-electron chi connectivity index (χ0n) is 26.8. The van der Waals surface area contributed by atoms with Gasteiger partial charge in [-0.05, 0) is 35.7 Å². The lowest BCUT2D eigenvalue weighted by molar-refractivity contribution is -0.134. The number of nitrogens with two attached hydrogens (primary N) is 1. The second-order valence-electron chi connectivity index (χ2n) is 11.7. The lowest BCUT2D eigenvalue weighted by Crippen LogP contribution is -2.59. The highest BCUT2D eigenvalue weighted by atomic mass is 35.5. The minimum absolute atomic E-state index is 0.0676. The van der Waals surface area contributed by atoms with Gasteiger partial charge in [0, 0.05) is 60.2 Å². The molecular weight excluding hydrogens is 636 g/mol. The standard InChI is InChI=1S/C34H41ClN8O5/c1-3-4-8-27(32(46)42-28(31(36)45)15-22-17-38-26-9-6-5-7-25(22)26)41-33(47)29(14-21-10-12-23(35)13-11-21)43-34(48)30(40-20(2)44)16-24-18-37-19-39-24/h5-7,9-13,17-19,27-30,38H,3-4,8,14-16H2,1-2H3,(H2,36,45)(H,37,39)(H,40,44)(H,41,47)(H,42,46)(H,43,48)/t27-,28-,29+,30-/m0/s1. The third-order valence-electron chi connectivity index (χ3n) is 7.90. The van der Waals surface area contributed by atoms with Gasteiger partial charge in [-0.3, -0.25) is 24.0 Å². The van der Waals surface area contributed by atoms with E-state index >= 15 is 0 Å². The van der Waals surface area contributed by atoms with Crippen LogP contribution in [0.1, 0.15) is 49.9 Å². The second kappa shape index (κ2) is 17.1. The number of carbonyl (C=O) groups is 5. The average Bonchev–Trinajstić information content (AvgIpc) is 3.72. The largest absolute Gasteiger partial charge is 0.368 e. The summed E-state index contributed by atoms with van der Waals surface area (Å²) >= 11 is 6.07. The molecule has 4 aromatic rings. The van der Waals surface area contributed by atoms with Crippen LogP contribution in [0.15, 0.2) is 67.3 Å². The van der Waals surface area contributed by atoms with E-state index in [9.17, 15) is 24.0 Å². The molecule has 4 atom stereocenters. The average molecular weight is 677 g/mol. The zero-order valence-corrected chi connectivity index (χ0v) is 27.6. The van der Waals surface area contributed by atoms with Crippen LogP contribution in [0.2, 0.25) is 5.02 Å². The summed E-state index contributed by atoms with van der Waals surface area (Å²) in [4.78, 5) is 75.5. The molecule has 0 spiro atoms. The maximum absolute atomic E-state index is 13.9. The zero-order chi connectivity index (χ0) is 34.6. The van der Waals surface area contributed by atoms with E-state index in [0.29, 0.717) is 22.7 Å². The quantitative estimate of drug-likeness (QED) is 0.0893. The van der Waals surface area contributed by atoms with Crippen molar-refractivity contribution < 1.29 is 24.0 Å². The summed E-state index contributed by atoms with van der Waals surface area (Å²) in [6.07, 6.45) is 6.71. The Balaban J connectivity index is 1.53. The first-order valence-electron chi connectivity index (χ1n) is 15.8. The van der Waals surface area contributed by atoms with Crippen molar-refractivity contribution in [3.63, 3.8) is 0 Å². The van der Waals surface area contributed by atoms with Gasteiger partial charge in [0.1, 0.15) is 24.2 Å². The Morgan fingerprint density at radius 1 is 0.812 bits per heavy atom. The number of fused-ring (bicyclic) bond motifs is 1. The van der Waals surface area contributed by atoms with Gasteiger partial charge < -0.3 is 37.0 Å². The number of carbonyl (C=O) groups excluding carboxylic acids is 5. The van der Waals surface area contributed by atoms with Crippen molar-refractivity contribution in [1.29, 1.82) is 0 Å². The molecule has 0 aliphatic carbocycles. The van der Waals surface area contributed by atoms with Gasteiger partial charge in [0.15, 0.2) is 0 Å². The molecule has 0 radical (unpaired) electrons. The lowest BCUT2D eigenvalue weighted by atomic mass is 10.0. The third kappa shape index (κ3) is 10.2. The third-order valence-corrected chi connectivity index (χ3v) is 8.15. The van der Waals surface area contributed by atoms with E-state index in [0.717, 1.165) is 22.9 Å². The molecule has 48 heavy (non-hydrogen) atoms. The Kier molecular flexibility index (Phi) is 12.7. The number of hydrogen-bond acceptors (Lipinski definition) is 6. The van der Waals surface area contributed by atoms with Crippen LogP contribution in [0.5, 0.6) is 0 Å². The fourth-order valence-electron chi connectivity index (χ4n) is 5.37. The lowest BCUT2D eigenvalue weighted by Gasteiger charge is -2.26. The maximum Gasteiger partial charge on any atom is 0.243 e. The van der Waals surface area contributed by atoms with E-state index in [1.165, 1.54) is 19.4 Å². The maximum atomic E-state index is 13.9. The Hall–Kier alpha value is -5.17. The predicted octanol–water partition coefficient (Wildman–Crippen LogP) is 2.21. The molecule has 0 saturated heterocycles. The van der Waals surface area contributed by atoms with E-state index in [1.54, 1.807) is 30.5 Å². The number of hydrogen-bond donors (Lipinski definition) is 7. The van der Waals surface area contributed by atoms with Crippen LogP contribution in [0.25, 0.3) is 10.9 Å². The first kappa shape index (κ1) is 35.7. The summed E-state index contributed by atoms with van der Waals surface area (Å²) in [5.74, 6) is -2.95. The summed E-state index contributed by atoms with van der Waals surface area (Å²) in [5.41, 5.74) is 8.71. The molecule has 0 fully saturated rings. The molecule has 0 unspecified atom stereocenters. The van der Waals surface area contributed by atoms with Crippen molar-refractivity contribution in [3.8, 4) is 0 Å². The van der Waals surface area contributed by atoms with Gasteiger partial charge in [-0.1, -0.05) is 61.7 Å². The van der Waals surface area contributed by atoms with Gasteiger partial charge in [-0.2, -0.15) is 0 Å². The van der Waals surface area contributed by atoms with Crippen molar-refractivity contribution in [2.45, 2.75) is 76.5 Å². The number of imidazole rings is 1. The molecule has 0 aliphatic heterocycles. The van der Waals surface area contributed by atoms with E-state index < -0.39 is 53.7 Å². The Bertz CT molecular complexity index is 1710. The Labute approximate surface area is 283 Å². The van der Waals surface area contributed by atoms with Crippen molar-refractivity contribution in [1.82, 2.24) is 36.2 Å². The molecule has 14 heteroatoms. The molecule has 4 rings (SSSR count). The molecule has 0 aliphatic rings. The van der Waals surface area contributed by atoms with Crippen LogP contribution < -0.4 is 27.0 Å². The van der Waals surface area contributed by atoms with Gasteiger partial charge in [0.25, 0.3) is 0 Å². The predicted molar refractivity (Wildman–Crippen MR) is 182 cm³/mol. The van der Waals surface area contributed by atoms with Crippen LogP contribution in [0.3, 0.4) is 0 Å². The van der Waals surface area contributed by atoms with Crippen molar-refractivity contribution in [2.24, 2.45) is 5.73 Å². The number of rotatable bonds is 17. The number of primary amides is 1. The van der Waals surface area contributed by atoms with Crippen LogP contribution in [-0.4, -0.2) is 68.7 Å². The fraction of sp³-hybridized carbons (Fsp3) is 0.353. The van der Waals surface area contributed by atoms with Gasteiger partial charge in [-0.15, -0.1) is 0 Å². The number of unbranched alkanes of at least 4 members (excludes halogenated alkanes) is 1. The van der Waals surface area contributed by atoms with Crippen molar-refractivity contribution in [2.75, 3.05) is 0 Å². The normalized spacial score (nSPS) is 13.6. The number of H-pyrrole nitrogens is 2.